The van der Waals surface area contributed by atoms with Gasteiger partial charge in [-0.2, -0.15) is 0 Å². The molecule has 6 heteroatoms. The van der Waals surface area contributed by atoms with Crippen LogP contribution in [0, 0.1) is 0 Å². The number of aromatic nitrogens is 3. The molecule has 0 saturated heterocycles. The van der Waals surface area contributed by atoms with Crippen LogP contribution in [-0.4, -0.2) is 14.5 Å². The van der Waals surface area contributed by atoms with Gasteiger partial charge >= 0.3 is 5.69 Å². The van der Waals surface area contributed by atoms with Gasteiger partial charge in [-0.15, -0.1) is 0 Å². The average molecular weight is 234 g/mol. The van der Waals surface area contributed by atoms with Crippen LogP contribution in [0.4, 0.5) is 5.13 Å². The molecule has 0 aliphatic heterocycles. The van der Waals surface area contributed by atoms with E-state index in [-0.39, 0.29) is 5.69 Å². The number of nitrogens with one attached hydrogen (secondary N) is 1. The molecule has 0 atom stereocenters. The maximum absolute atomic E-state index is 11.6. The Hall–Kier alpha value is -1.82. The van der Waals surface area contributed by atoms with Crippen LogP contribution >= 0.6 is 11.3 Å². The summed E-state index contributed by atoms with van der Waals surface area (Å²) in [6.45, 7) is 2.60. The standard InChI is InChI=1S/C10H10N4OS/c1-2-14-7-4-8-6(12-9(11)16-8)3-5(7)13-10(14)15/h3-4H,2H2,1H3,(H2,11,12)(H,13,15). The molecule has 0 unspecified atom stereocenters. The summed E-state index contributed by atoms with van der Waals surface area (Å²) >= 11 is 1.43. The number of nitrogens with two attached hydrogens (primary N) is 1. The van der Waals surface area contributed by atoms with Gasteiger partial charge in [0.15, 0.2) is 5.13 Å². The zero-order chi connectivity index (χ0) is 11.3. The number of hydrogen-bond acceptors (Lipinski definition) is 4. The van der Waals surface area contributed by atoms with Crippen LogP contribution in [0.3, 0.4) is 0 Å². The Morgan fingerprint density at radius 3 is 3.12 bits per heavy atom. The summed E-state index contributed by atoms with van der Waals surface area (Å²) in [5.41, 5.74) is 8.12. The molecule has 0 amide bonds. The van der Waals surface area contributed by atoms with E-state index in [0.29, 0.717) is 11.7 Å². The predicted molar refractivity (Wildman–Crippen MR) is 65.8 cm³/mol. The topological polar surface area (TPSA) is 76.7 Å². The number of hydrogen-bond donors (Lipinski definition) is 2. The molecular formula is C10H10N4OS. The minimum Gasteiger partial charge on any atom is -0.375 e. The van der Waals surface area contributed by atoms with Crippen molar-refractivity contribution in [3.8, 4) is 0 Å². The van der Waals surface area contributed by atoms with Gasteiger partial charge in [-0.05, 0) is 19.1 Å². The first-order chi connectivity index (χ1) is 7.69. The van der Waals surface area contributed by atoms with Crippen molar-refractivity contribution in [2.24, 2.45) is 0 Å². The molecule has 0 radical (unpaired) electrons. The number of benzene rings is 1. The largest absolute Gasteiger partial charge is 0.375 e. The molecule has 0 aliphatic carbocycles. The molecule has 5 nitrogen and oxygen atoms in total. The van der Waals surface area contributed by atoms with Gasteiger partial charge in [0.25, 0.3) is 0 Å². The number of nitrogen functional groups attached to an aromatic ring is 1. The van der Waals surface area contributed by atoms with Crippen molar-refractivity contribution in [1.82, 2.24) is 14.5 Å². The Labute approximate surface area is 94.5 Å². The molecule has 2 aromatic heterocycles. The summed E-state index contributed by atoms with van der Waals surface area (Å²) in [4.78, 5) is 18.6. The zero-order valence-corrected chi connectivity index (χ0v) is 9.47. The maximum Gasteiger partial charge on any atom is 0.326 e. The van der Waals surface area contributed by atoms with Gasteiger partial charge in [0.05, 0.1) is 21.3 Å². The first kappa shape index (κ1) is 9.41. The zero-order valence-electron chi connectivity index (χ0n) is 8.65. The molecule has 0 spiro atoms. The van der Waals surface area contributed by atoms with Gasteiger partial charge in [-0.1, -0.05) is 11.3 Å². The van der Waals surface area contributed by atoms with Gasteiger partial charge in [-0.25, -0.2) is 9.78 Å². The van der Waals surface area contributed by atoms with Crippen LogP contribution in [0.5, 0.6) is 0 Å². The van der Waals surface area contributed by atoms with Gasteiger partial charge in [0.2, 0.25) is 0 Å². The number of rotatable bonds is 1. The summed E-state index contributed by atoms with van der Waals surface area (Å²) in [6, 6.07) is 3.82. The molecule has 3 aromatic rings. The van der Waals surface area contributed by atoms with Crippen LogP contribution in [0.1, 0.15) is 6.92 Å². The number of aromatic amines is 1. The third-order valence-corrected chi connectivity index (χ3v) is 3.46. The highest BCUT2D eigenvalue weighted by atomic mass is 32.1. The van der Waals surface area contributed by atoms with Gasteiger partial charge in [0.1, 0.15) is 0 Å². The van der Waals surface area contributed by atoms with Crippen molar-refractivity contribution in [3.63, 3.8) is 0 Å². The van der Waals surface area contributed by atoms with E-state index < -0.39 is 0 Å². The lowest BCUT2D eigenvalue weighted by Crippen LogP contribution is -2.14. The fourth-order valence-corrected chi connectivity index (χ4v) is 2.66. The highest BCUT2D eigenvalue weighted by Gasteiger charge is 2.09. The van der Waals surface area contributed by atoms with Crippen molar-refractivity contribution in [2.45, 2.75) is 13.5 Å². The Morgan fingerprint density at radius 1 is 1.56 bits per heavy atom. The number of imidazole rings is 1. The molecular weight excluding hydrogens is 224 g/mol. The molecule has 82 valence electrons. The molecule has 0 saturated carbocycles. The SMILES string of the molecule is CCn1c(=O)[nH]c2cc3nc(N)sc3cc21. The minimum atomic E-state index is -0.0804. The summed E-state index contributed by atoms with van der Waals surface area (Å²) in [5, 5.41) is 0.549. The second kappa shape index (κ2) is 3.08. The summed E-state index contributed by atoms with van der Waals surface area (Å²) in [7, 11) is 0. The van der Waals surface area contributed by atoms with Crippen LogP contribution in [0.15, 0.2) is 16.9 Å². The highest BCUT2D eigenvalue weighted by Crippen LogP contribution is 2.27. The van der Waals surface area contributed by atoms with Gasteiger partial charge in [-0.3, -0.25) is 4.57 Å². The first-order valence-corrected chi connectivity index (χ1v) is 5.79. The lowest BCUT2D eigenvalue weighted by molar-refractivity contribution is 0.753. The van der Waals surface area contributed by atoms with E-state index in [0.717, 1.165) is 21.3 Å². The Morgan fingerprint density at radius 2 is 2.38 bits per heavy atom. The van der Waals surface area contributed by atoms with E-state index in [4.69, 9.17) is 5.73 Å². The predicted octanol–water partition coefficient (Wildman–Crippen LogP) is 1.54. The average Bonchev–Trinajstić information content (AvgIpc) is 2.71. The Kier molecular flexibility index (Phi) is 1.81. The summed E-state index contributed by atoms with van der Waals surface area (Å²) in [6.07, 6.45) is 0. The second-order valence-corrected chi connectivity index (χ2v) is 4.63. The van der Waals surface area contributed by atoms with Crippen LogP contribution in [0.2, 0.25) is 0 Å². The van der Waals surface area contributed by atoms with E-state index in [9.17, 15) is 4.79 Å². The third-order valence-electron chi connectivity index (χ3n) is 2.62. The monoisotopic (exact) mass is 234 g/mol. The van der Waals surface area contributed by atoms with Gasteiger partial charge < -0.3 is 10.7 Å². The molecule has 0 fully saturated rings. The van der Waals surface area contributed by atoms with Crippen molar-refractivity contribution >= 4 is 37.7 Å². The van der Waals surface area contributed by atoms with Crippen molar-refractivity contribution in [3.05, 3.63) is 22.6 Å². The van der Waals surface area contributed by atoms with Crippen LogP contribution in [-0.2, 0) is 6.54 Å². The Bertz CT molecular complexity index is 736. The minimum absolute atomic E-state index is 0.0804. The van der Waals surface area contributed by atoms with Gasteiger partial charge in [0, 0.05) is 6.54 Å². The number of thiazole rings is 1. The summed E-state index contributed by atoms with van der Waals surface area (Å²) < 4.78 is 2.70. The molecule has 3 N–H and O–H groups in total. The highest BCUT2D eigenvalue weighted by molar-refractivity contribution is 7.22. The van der Waals surface area contributed by atoms with Crippen molar-refractivity contribution in [2.75, 3.05) is 5.73 Å². The lowest BCUT2D eigenvalue weighted by atomic mass is 10.3. The third kappa shape index (κ3) is 1.16. The molecule has 2 heterocycles. The summed E-state index contributed by atoms with van der Waals surface area (Å²) in [5.74, 6) is 0. The smallest absolute Gasteiger partial charge is 0.326 e. The second-order valence-electron chi connectivity index (χ2n) is 3.56. The van der Waals surface area contributed by atoms with Crippen LogP contribution in [0.25, 0.3) is 21.3 Å². The van der Waals surface area contributed by atoms with E-state index >= 15 is 0 Å². The molecule has 16 heavy (non-hydrogen) atoms. The quantitative estimate of drug-likeness (QED) is 0.670. The molecule has 0 aliphatic rings. The van der Waals surface area contributed by atoms with Crippen molar-refractivity contribution in [1.29, 1.82) is 0 Å². The molecule has 0 bridgehead atoms. The lowest BCUT2D eigenvalue weighted by Gasteiger charge is -1.96. The van der Waals surface area contributed by atoms with E-state index in [1.165, 1.54) is 11.3 Å². The van der Waals surface area contributed by atoms with Crippen molar-refractivity contribution < 1.29 is 0 Å². The number of nitrogens with zero attached hydrogens (tertiary/aromatic N) is 2. The molecule has 3 rings (SSSR count). The maximum atomic E-state index is 11.6. The van der Waals surface area contributed by atoms with E-state index in [1.54, 1.807) is 4.57 Å². The fourth-order valence-electron chi connectivity index (χ4n) is 1.91. The number of H-pyrrole nitrogens is 1. The normalized spacial score (nSPS) is 11.6. The number of fused-ring (bicyclic) bond motifs is 2. The van der Waals surface area contributed by atoms with Crippen LogP contribution < -0.4 is 11.4 Å². The number of aryl methyl sites for hydroxylation is 1. The van der Waals surface area contributed by atoms with E-state index in [1.807, 2.05) is 19.1 Å². The molecule has 1 aromatic carbocycles. The fraction of sp³-hybridized carbons (Fsp3) is 0.200. The van der Waals surface area contributed by atoms with E-state index in [2.05, 4.69) is 9.97 Å². The Balaban J connectivity index is 2.49. The number of anilines is 1. The first-order valence-electron chi connectivity index (χ1n) is 4.97.